The first-order chi connectivity index (χ1) is 10.2. The Morgan fingerprint density at radius 3 is 2.90 bits per heavy atom. The number of aromatic nitrogens is 2. The quantitative estimate of drug-likeness (QED) is 0.851. The van der Waals surface area contributed by atoms with E-state index in [1.807, 2.05) is 0 Å². The van der Waals surface area contributed by atoms with Crippen molar-refractivity contribution in [2.24, 2.45) is 5.92 Å². The van der Waals surface area contributed by atoms with Crippen LogP contribution in [0.4, 0.5) is 5.82 Å². The van der Waals surface area contributed by atoms with Crippen molar-refractivity contribution in [1.82, 2.24) is 9.97 Å². The summed E-state index contributed by atoms with van der Waals surface area (Å²) in [7, 11) is 0. The summed E-state index contributed by atoms with van der Waals surface area (Å²) in [5.41, 5.74) is 0.908. The fourth-order valence-corrected chi connectivity index (χ4v) is 2.58. The lowest BCUT2D eigenvalue weighted by Crippen LogP contribution is -2.20. The van der Waals surface area contributed by atoms with E-state index in [1.165, 1.54) is 25.6 Å². The lowest BCUT2D eigenvalue weighted by molar-refractivity contribution is 0.0697. The molecule has 1 atom stereocenters. The van der Waals surface area contributed by atoms with Crippen LogP contribution in [0.5, 0.6) is 0 Å². The van der Waals surface area contributed by atoms with Crippen LogP contribution in [0.3, 0.4) is 0 Å². The molecule has 1 saturated carbocycles. The third-order valence-electron chi connectivity index (χ3n) is 4.03. The average molecular weight is 285 g/mol. The van der Waals surface area contributed by atoms with Crippen molar-refractivity contribution in [3.8, 4) is 0 Å². The lowest BCUT2D eigenvalue weighted by atomic mass is 10.1. The molecule has 1 fully saturated rings. The van der Waals surface area contributed by atoms with Crippen molar-refractivity contribution in [3.05, 3.63) is 30.1 Å². The molecular formula is C16H19N3O2. The van der Waals surface area contributed by atoms with Crippen LogP contribution >= 0.6 is 0 Å². The second kappa shape index (κ2) is 5.68. The van der Waals surface area contributed by atoms with Gasteiger partial charge in [0.15, 0.2) is 0 Å². The Hall–Kier alpha value is -2.17. The molecule has 1 heterocycles. The van der Waals surface area contributed by atoms with E-state index in [-0.39, 0.29) is 5.56 Å². The summed E-state index contributed by atoms with van der Waals surface area (Å²) in [6.45, 7) is 2.17. The molecule has 0 saturated heterocycles. The van der Waals surface area contributed by atoms with E-state index in [0.717, 1.165) is 23.5 Å². The van der Waals surface area contributed by atoms with Crippen LogP contribution in [0.2, 0.25) is 0 Å². The molecule has 5 heteroatoms. The van der Waals surface area contributed by atoms with Crippen molar-refractivity contribution in [2.45, 2.75) is 38.6 Å². The van der Waals surface area contributed by atoms with Gasteiger partial charge in [-0.25, -0.2) is 14.8 Å². The Kier molecular flexibility index (Phi) is 3.73. The fraction of sp³-hybridized carbons (Fsp3) is 0.438. The zero-order valence-electron chi connectivity index (χ0n) is 12.0. The maximum Gasteiger partial charge on any atom is 0.335 e. The summed E-state index contributed by atoms with van der Waals surface area (Å²) in [6, 6.07) is 5.38. The molecule has 1 aromatic heterocycles. The maximum absolute atomic E-state index is 11.0. The number of nitrogens with zero attached hydrogens (tertiary/aromatic N) is 2. The number of anilines is 1. The SMILES string of the molecule is CCC(CC1CC1)Nc1ncnc2cc(C(=O)O)ccc12. The largest absolute Gasteiger partial charge is 0.478 e. The number of fused-ring (bicyclic) bond motifs is 1. The molecule has 0 spiro atoms. The molecule has 2 aromatic rings. The number of carboxylic acids is 1. The van der Waals surface area contributed by atoms with Gasteiger partial charge < -0.3 is 10.4 Å². The molecule has 1 aliphatic carbocycles. The highest BCUT2D eigenvalue weighted by molar-refractivity contribution is 5.96. The number of nitrogens with one attached hydrogen (secondary N) is 1. The molecule has 1 aliphatic rings. The Balaban J connectivity index is 1.88. The van der Waals surface area contributed by atoms with Crippen LogP contribution in [0, 0.1) is 5.92 Å². The van der Waals surface area contributed by atoms with Gasteiger partial charge >= 0.3 is 5.97 Å². The van der Waals surface area contributed by atoms with Crippen LogP contribution in [0.25, 0.3) is 10.9 Å². The van der Waals surface area contributed by atoms with Gasteiger partial charge in [0.2, 0.25) is 0 Å². The third-order valence-corrected chi connectivity index (χ3v) is 4.03. The Morgan fingerprint density at radius 2 is 2.24 bits per heavy atom. The Bertz CT molecular complexity index is 668. The van der Waals surface area contributed by atoms with Gasteiger partial charge in [0.05, 0.1) is 11.1 Å². The molecule has 5 nitrogen and oxygen atoms in total. The smallest absolute Gasteiger partial charge is 0.335 e. The van der Waals surface area contributed by atoms with E-state index in [4.69, 9.17) is 5.11 Å². The molecule has 0 amide bonds. The third kappa shape index (κ3) is 3.12. The van der Waals surface area contributed by atoms with Crippen molar-refractivity contribution >= 4 is 22.7 Å². The van der Waals surface area contributed by atoms with Crippen LogP contribution in [-0.2, 0) is 0 Å². The van der Waals surface area contributed by atoms with Crippen molar-refractivity contribution in [2.75, 3.05) is 5.32 Å². The molecule has 0 bridgehead atoms. The van der Waals surface area contributed by atoms with Gasteiger partial charge in [0.25, 0.3) is 0 Å². The monoisotopic (exact) mass is 285 g/mol. The van der Waals surface area contributed by atoms with Crippen LogP contribution < -0.4 is 5.32 Å². The highest BCUT2D eigenvalue weighted by Gasteiger charge is 2.25. The summed E-state index contributed by atoms with van der Waals surface area (Å²) < 4.78 is 0. The molecule has 0 aliphatic heterocycles. The fourth-order valence-electron chi connectivity index (χ4n) is 2.58. The molecular weight excluding hydrogens is 266 g/mol. The number of aromatic carboxylic acids is 1. The standard InChI is InChI=1S/C16H19N3O2/c1-2-12(7-10-3-4-10)19-15-13-6-5-11(16(20)21)8-14(13)17-9-18-15/h5-6,8-10,12H,2-4,7H2,1H3,(H,20,21)(H,17,18,19). The lowest BCUT2D eigenvalue weighted by Gasteiger charge is -2.18. The first kappa shape index (κ1) is 13.8. The first-order valence-electron chi connectivity index (χ1n) is 7.42. The van der Waals surface area contributed by atoms with Gasteiger partial charge in [-0.2, -0.15) is 0 Å². The molecule has 21 heavy (non-hydrogen) atoms. The minimum absolute atomic E-state index is 0.247. The molecule has 1 unspecified atom stereocenters. The van der Waals surface area contributed by atoms with Crippen molar-refractivity contribution < 1.29 is 9.90 Å². The van der Waals surface area contributed by atoms with Gasteiger partial charge in [-0.05, 0) is 37.0 Å². The van der Waals surface area contributed by atoms with Crippen molar-refractivity contribution in [1.29, 1.82) is 0 Å². The van der Waals surface area contributed by atoms with E-state index < -0.39 is 5.97 Å². The number of carboxylic acid groups (broad SMARTS) is 1. The molecule has 3 rings (SSSR count). The van der Waals surface area contributed by atoms with Gasteiger partial charge in [-0.15, -0.1) is 0 Å². The van der Waals surface area contributed by atoms with Crippen LogP contribution in [0.15, 0.2) is 24.5 Å². The minimum atomic E-state index is -0.940. The molecule has 1 aromatic carbocycles. The highest BCUT2D eigenvalue weighted by atomic mass is 16.4. The van der Waals surface area contributed by atoms with Crippen molar-refractivity contribution in [3.63, 3.8) is 0 Å². The van der Waals surface area contributed by atoms with E-state index in [0.29, 0.717) is 11.6 Å². The normalized spacial score (nSPS) is 15.9. The first-order valence-corrected chi connectivity index (χ1v) is 7.42. The Morgan fingerprint density at radius 1 is 1.43 bits per heavy atom. The van der Waals surface area contributed by atoms with Gasteiger partial charge in [0, 0.05) is 11.4 Å². The summed E-state index contributed by atoms with van der Waals surface area (Å²) in [6.07, 6.45) is 6.39. The molecule has 110 valence electrons. The number of hydrogen-bond acceptors (Lipinski definition) is 4. The predicted molar refractivity (Wildman–Crippen MR) is 81.5 cm³/mol. The number of rotatable bonds is 6. The van der Waals surface area contributed by atoms with Gasteiger partial charge in [-0.1, -0.05) is 19.8 Å². The minimum Gasteiger partial charge on any atom is -0.478 e. The maximum atomic E-state index is 11.0. The zero-order chi connectivity index (χ0) is 14.8. The van der Waals surface area contributed by atoms with E-state index in [1.54, 1.807) is 18.2 Å². The predicted octanol–water partition coefficient (Wildman–Crippen LogP) is 3.32. The van der Waals surface area contributed by atoms with Gasteiger partial charge in [-0.3, -0.25) is 0 Å². The molecule has 0 radical (unpaired) electrons. The summed E-state index contributed by atoms with van der Waals surface area (Å²) >= 11 is 0. The Labute approximate surface area is 123 Å². The van der Waals surface area contributed by atoms with Gasteiger partial charge in [0.1, 0.15) is 12.1 Å². The zero-order valence-corrected chi connectivity index (χ0v) is 12.0. The topological polar surface area (TPSA) is 75.1 Å². The van der Waals surface area contributed by atoms with E-state index >= 15 is 0 Å². The number of benzene rings is 1. The summed E-state index contributed by atoms with van der Waals surface area (Å²) in [4.78, 5) is 19.5. The van der Waals surface area contributed by atoms with E-state index in [2.05, 4.69) is 22.2 Å². The number of hydrogen-bond donors (Lipinski definition) is 2. The van der Waals surface area contributed by atoms with Crippen LogP contribution in [0.1, 0.15) is 43.0 Å². The second-order valence-corrected chi connectivity index (χ2v) is 5.69. The number of carbonyl (C=O) groups is 1. The summed E-state index contributed by atoms with van der Waals surface area (Å²) in [5.74, 6) is 0.712. The molecule has 2 N–H and O–H groups in total. The van der Waals surface area contributed by atoms with Crippen LogP contribution in [-0.4, -0.2) is 27.1 Å². The average Bonchev–Trinajstić information content (AvgIpc) is 3.30. The highest BCUT2D eigenvalue weighted by Crippen LogP contribution is 2.35. The second-order valence-electron chi connectivity index (χ2n) is 5.69. The summed E-state index contributed by atoms with van der Waals surface area (Å²) in [5, 5.41) is 13.4. The van der Waals surface area contributed by atoms with E-state index in [9.17, 15) is 4.79 Å².